The Morgan fingerprint density at radius 1 is 1.12 bits per heavy atom. The van der Waals surface area contributed by atoms with Crippen molar-refractivity contribution in [3.05, 3.63) is 29.8 Å². The molecule has 1 aromatic carbocycles. The minimum Gasteiger partial charge on any atom is -0.381 e. The van der Waals surface area contributed by atoms with Crippen LogP contribution in [0, 0.1) is 17.6 Å². The first-order valence-electron chi connectivity index (χ1n) is 11.2. The van der Waals surface area contributed by atoms with E-state index < -0.39 is 11.6 Å². The number of benzene rings is 1. The molecule has 3 fully saturated rings. The van der Waals surface area contributed by atoms with Crippen LogP contribution in [-0.2, 0) is 9.47 Å². The summed E-state index contributed by atoms with van der Waals surface area (Å²) in [4.78, 5) is 8.63. The molecule has 3 aliphatic heterocycles. The summed E-state index contributed by atoms with van der Waals surface area (Å²) in [6.45, 7) is 6.91. The third kappa shape index (κ3) is 6.21. The number of anilines is 1. The highest BCUT2D eigenvalue weighted by Gasteiger charge is 2.32. The zero-order valence-corrected chi connectivity index (χ0v) is 20.9. The summed E-state index contributed by atoms with van der Waals surface area (Å²) in [5.41, 5.74) is 0.0587. The first kappa shape index (κ1) is 25.4. The fourth-order valence-electron chi connectivity index (χ4n) is 4.82. The van der Waals surface area contributed by atoms with Crippen molar-refractivity contribution in [2.75, 3.05) is 71.1 Å². The number of hydrogen-bond donors (Lipinski definition) is 2. The number of halogens is 3. The number of ether oxygens (including phenoxy) is 2. The van der Waals surface area contributed by atoms with Crippen molar-refractivity contribution in [3.63, 3.8) is 0 Å². The smallest absolute Gasteiger partial charge is 0.191 e. The van der Waals surface area contributed by atoms with Gasteiger partial charge in [0.1, 0.15) is 17.3 Å². The largest absolute Gasteiger partial charge is 0.381 e. The molecule has 7 nitrogen and oxygen atoms in total. The highest BCUT2D eigenvalue weighted by Crippen LogP contribution is 2.27. The van der Waals surface area contributed by atoms with Gasteiger partial charge in [-0.2, -0.15) is 0 Å². The summed E-state index contributed by atoms with van der Waals surface area (Å²) in [5.74, 6) is 0.179. The van der Waals surface area contributed by atoms with Crippen molar-refractivity contribution in [1.82, 2.24) is 15.5 Å². The molecule has 3 atom stereocenters. The van der Waals surface area contributed by atoms with Crippen LogP contribution in [0.2, 0.25) is 0 Å². The summed E-state index contributed by atoms with van der Waals surface area (Å²) in [7, 11) is 1.75. The van der Waals surface area contributed by atoms with Crippen molar-refractivity contribution >= 4 is 35.6 Å². The van der Waals surface area contributed by atoms with Crippen LogP contribution in [0.25, 0.3) is 0 Å². The minimum absolute atomic E-state index is 0. The van der Waals surface area contributed by atoms with E-state index >= 15 is 0 Å². The molecule has 32 heavy (non-hydrogen) atoms. The van der Waals surface area contributed by atoms with Crippen LogP contribution >= 0.6 is 24.0 Å². The van der Waals surface area contributed by atoms with Gasteiger partial charge in [-0.3, -0.25) is 9.89 Å². The Balaban J connectivity index is 0.00000289. The van der Waals surface area contributed by atoms with E-state index in [1.165, 1.54) is 18.2 Å². The highest BCUT2D eigenvalue weighted by molar-refractivity contribution is 14.0. The average Bonchev–Trinajstić information content (AvgIpc) is 3.46. The lowest BCUT2D eigenvalue weighted by Crippen LogP contribution is -2.54. The maximum atomic E-state index is 14.1. The molecule has 0 aliphatic carbocycles. The van der Waals surface area contributed by atoms with Crippen LogP contribution in [-0.4, -0.2) is 89.1 Å². The van der Waals surface area contributed by atoms with E-state index in [4.69, 9.17) is 9.47 Å². The first-order valence-corrected chi connectivity index (χ1v) is 11.2. The predicted molar refractivity (Wildman–Crippen MR) is 132 cm³/mol. The summed E-state index contributed by atoms with van der Waals surface area (Å²) in [6, 6.07) is 4.43. The van der Waals surface area contributed by atoms with Crippen LogP contribution in [0.15, 0.2) is 23.2 Å². The maximum absolute atomic E-state index is 14.1. The molecule has 180 valence electrons. The Morgan fingerprint density at radius 3 is 2.53 bits per heavy atom. The van der Waals surface area contributed by atoms with Crippen molar-refractivity contribution in [3.8, 4) is 0 Å². The van der Waals surface area contributed by atoms with E-state index in [-0.39, 0.29) is 35.7 Å². The predicted octanol–water partition coefficient (Wildman–Crippen LogP) is 2.06. The van der Waals surface area contributed by atoms with Crippen LogP contribution in [0.4, 0.5) is 14.5 Å². The summed E-state index contributed by atoms with van der Waals surface area (Å²) in [6.07, 6.45) is 1.86. The normalized spacial score (nSPS) is 25.5. The second-order valence-electron chi connectivity index (χ2n) is 8.44. The molecule has 0 spiro atoms. The van der Waals surface area contributed by atoms with Gasteiger partial charge in [-0.1, -0.05) is 6.07 Å². The summed E-state index contributed by atoms with van der Waals surface area (Å²) < 4.78 is 39.4. The van der Waals surface area contributed by atoms with Crippen LogP contribution in [0.5, 0.6) is 0 Å². The van der Waals surface area contributed by atoms with E-state index in [9.17, 15) is 8.78 Å². The number of rotatable bonds is 6. The Labute approximate surface area is 205 Å². The lowest BCUT2D eigenvalue weighted by Gasteiger charge is -2.37. The van der Waals surface area contributed by atoms with Gasteiger partial charge in [-0.15, -0.1) is 24.0 Å². The van der Waals surface area contributed by atoms with Gasteiger partial charge in [-0.05, 0) is 25.0 Å². The molecule has 0 aromatic heterocycles. The molecule has 0 radical (unpaired) electrons. The molecular weight excluding hydrogens is 531 g/mol. The molecule has 0 amide bonds. The van der Waals surface area contributed by atoms with Crippen molar-refractivity contribution in [1.29, 1.82) is 0 Å². The highest BCUT2D eigenvalue weighted by atomic mass is 127. The Bertz CT molecular complexity index is 740. The lowest BCUT2D eigenvalue weighted by atomic mass is 9.97. The SMILES string of the molecule is CN=C(NCC(C1CCOC1)N1CCOCC1)NC1CCN(c2c(F)cccc2F)C1.I. The fraction of sp³-hybridized carbons (Fsp3) is 0.682. The molecule has 0 saturated carbocycles. The van der Waals surface area contributed by atoms with E-state index in [2.05, 4.69) is 20.5 Å². The third-order valence-corrected chi connectivity index (χ3v) is 6.51. The number of guanidine groups is 1. The summed E-state index contributed by atoms with van der Waals surface area (Å²) in [5, 5.41) is 6.91. The molecule has 1 aromatic rings. The monoisotopic (exact) mass is 565 g/mol. The van der Waals surface area contributed by atoms with Crippen molar-refractivity contribution in [2.24, 2.45) is 10.9 Å². The Kier molecular flexibility index (Phi) is 9.75. The van der Waals surface area contributed by atoms with Crippen molar-refractivity contribution < 1.29 is 18.3 Å². The minimum atomic E-state index is -0.518. The van der Waals surface area contributed by atoms with Gasteiger partial charge in [0.25, 0.3) is 0 Å². The average molecular weight is 565 g/mol. The standard InChI is InChI=1S/C22H33F2N5O2.HI/c1-25-22(26-13-20(16-6-10-31-15-16)28-8-11-30-12-9-28)27-17-5-7-29(14-17)21-18(23)3-2-4-19(21)24;/h2-4,16-17,20H,5-15H2,1H3,(H2,25,26,27);1H. The molecule has 3 saturated heterocycles. The zero-order valence-electron chi connectivity index (χ0n) is 18.6. The number of nitrogens with one attached hydrogen (secondary N) is 2. The van der Waals surface area contributed by atoms with Crippen LogP contribution < -0.4 is 15.5 Å². The van der Waals surface area contributed by atoms with Gasteiger partial charge in [-0.25, -0.2) is 8.78 Å². The number of aliphatic imine (C=N–C) groups is 1. The molecule has 4 rings (SSSR count). The quantitative estimate of drug-likeness (QED) is 0.313. The fourth-order valence-corrected chi connectivity index (χ4v) is 4.82. The van der Waals surface area contributed by atoms with Gasteiger partial charge in [0.2, 0.25) is 0 Å². The molecule has 2 N–H and O–H groups in total. The molecule has 0 bridgehead atoms. The van der Waals surface area contributed by atoms with Gasteiger partial charge in [0, 0.05) is 64.4 Å². The molecule has 3 unspecified atom stereocenters. The Hall–Kier alpha value is -1.24. The lowest BCUT2D eigenvalue weighted by molar-refractivity contribution is 0.00246. The second kappa shape index (κ2) is 12.3. The zero-order chi connectivity index (χ0) is 21.6. The van der Waals surface area contributed by atoms with E-state index in [0.717, 1.165) is 64.9 Å². The van der Waals surface area contributed by atoms with E-state index in [1.54, 1.807) is 11.9 Å². The Morgan fingerprint density at radius 2 is 1.88 bits per heavy atom. The van der Waals surface area contributed by atoms with Gasteiger partial charge in [0.05, 0.1) is 19.8 Å². The molecule has 3 heterocycles. The number of morpholine rings is 1. The molecule has 10 heteroatoms. The molecular formula is C22H34F2IN5O2. The van der Waals surface area contributed by atoms with Gasteiger partial charge < -0.3 is 25.0 Å². The molecule has 3 aliphatic rings. The van der Waals surface area contributed by atoms with Crippen LogP contribution in [0.3, 0.4) is 0 Å². The maximum Gasteiger partial charge on any atom is 0.191 e. The summed E-state index contributed by atoms with van der Waals surface area (Å²) >= 11 is 0. The number of hydrogen-bond acceptors (Lipinski definition) is 5. The van der Waals surface area contributed by atoms with Gasteiger partial charge in [0.15, 0.2) is 5.96 Å². The topological polar surface area (TPSA) is 61.4 Å². The van der Waals surface area contributed by atoms with Crippen molar-refractivity contribution in [2.45, 2.75) is 24.9 Å². The van der Waals surface area contributed by atoms with Crippen LogP contribution in [0.1, 0.15) is 12.8 Å². The number of nitrogens with zero attached hydrogens (tertiary/aromatic N) is 3. The third-order valence-electron chi connectivity index (χ3n) is 6.51. The first-order chi connectivity index (χ1) is 15.2. The van der Waals surface area contributed by atoms with Gasteiger partial charge >= 0.3 is 0 Å². The van der Waals surface area contributed by atoms with E-state index in [1.807, 2.05) is 0 Å². The number of para-hydroxylation sites is 1. The second-order valence-corrected chi connectivity index (χ2v) is 8.44. The van der Waals surface area contributed by atoms with E-state index in [0.29, 0.717) is 25.0 Å².